The summed E-state index contributed by atoms with van der Waals surface area (Å²) in [5.41, 5.74) is 8.67. The van der Waals surface area contributed by atoms with Crippen molar-refractivity contribution in [3.63, 3.8) is 0 Å². The highest BCUT2D eigenvalue weighted by atomic mass is 32.2. The van der Waals surface area contributed by atoms with Crippen LogP contribution in [-0.4, -0.2) is 12.0 Å². The molecule has 1 aromatic carbocycles. The molecule has 0 unspecified atom stereocenters. The number of nitrogens with two attached hydrogens (primary N) is 1. The quantitative estimate of drug-likeness (QED) is 0.657. The minimum atomic E-state index is 0.177. The molecule has 1 aromatic rings. The molecule has 0 heterocycles. The van der Waals surface area contributed by atoms with E-state index in [1.54, 1.807) is 17.8 Å². The van der Waals surface area contributed by atoms with Crippen LogP contribution in [0.25, 0.3) is 5.70 Å². The van der Waals surface area contributed by atoms with Gasteiger partial charge in [0.25, 0.3) is 0 Å². The normalized spacial score (nSPS) is 16.0. The van der Waals surface area contributed by atoms with Crippen molar-refractivity contribution >= 4 is 23.2 Å². The molecule has 0 radical (unpaired) electrons. The molecule has 2 rings (SSSR count). The van der Waals surface area contributed by atoms with E-state index in [-0.39, 0.29) is 11.7 Å². The molecular formula is C14H17NOS. The highest BCUT2D eigenvalue weighted by Crippen LogP contribution is 2.31. The zero-order valence-electron chi connectivity index (χ0n) is 10.2. The first-order chi connectivity index (χ1) is 8.11. The molecule has 0 spiro atoms. The lowest BCUT2D eigenvalue weighted by molar-refractivity contribution is -0.115. The first kappa shape index (κ1) is 12.2. The van der Waals surface area contributed by atoms with E-state index in [1.165, 1.54) is 4.90 Å². The standard InChI is InChI=1S/C14H17NOS/c1-9-7-11(17-2)5-6-12(9)13(15)8-14(16)10-3-4-10/h5-8,10H,3-4,15H2,1-2H3. The predicted molar refractivity (Wildman–Crippen MR) is 72.9 cm³/mol. The lowest BCUT2D eigenvalue weighted by atomic mass is 10.0. The van der Waals surface area contributed by atoms with Crippen LogP contribution in [0.5, 0.6) is 0 Å². The third-order valence-electron chi connectivity index (χ3n) is 3.02. The molecular weight excluding hydrogens is 230 g/mol. The number of hydrogen-bond donors (Lipinski definition) is 1. The number of aryl methyl sites for hydroxylation is 1. The van der Waals surface area contributed by atoms with Gasteiger partial charge in [-0.15, -0.1) is 11.8 Å². The zero-order chi connectivity index (χ0) is 12.4. The molecule has 0 amide bonds. The summed E-state index contributed by atoms with van der Waals surface area (Å²) in [5, 5.41) is 0. The molecule has 1 saturated carbocycles. The fraction of sp³-hybridized carbons (Fsp3) is 0.357. The van der Waals surface area contributed by atoms with Gasteiger partial charge in [0.2, 0.25) is 0 Å². The smallest absolute Gasteiger partial charge is 0.160 e. The Morgan fingerprint density at radius 1 is 1.47 bits per heavy atom. The van der Waals surface area contributed by atoms with Crippen molar-refractivity contribution < 1.29 is 4.79 Å². The van der Waals surface area contributed by atoms with Gasteiger partial charge in [-0.05, 0) is 43.7 Å². The Morgan fingerprint density at radius 2 is 2.18 bits per heavy atom. The molecule has 17 heavy (non-hydrogen) atoms. The van der Waals surface area contributed by atoms with E-state index in [0.717, 1.165) is 24.0 Å². The van der Waals surface area contributed by atoms with Gasteiger partial charge < -0.3 is 5.73 Å². The lowest BCUT2D eigenvalue weighted by Crippen LogP contribution is -2.04. The fourth-order valence-electron chi connectivity index (χ4n) is 1.80. The SMILES string of the molecule is CSc1ccc(C(N)=CC(=O)C2CC2)c(C)c1. The van der Waals surface area contributed by atoms with E-state index in [2.05, 4.69) is 6.07 Å². The van der Waals surface area contributed by atoms with Gasteiger partial charge in [0.15, 0.2) is 5.78 Å². The van der Waals surface area contributed by atoms with Crippen LogP contribution in [0.4, 0.5) is 0 Å². The maximum Gasteiger partial charge on any atom is 0.160 e. The summed E-state index contributed by atoms with van der Waals surface area (Å²) in [6.45, 7) is 2.03. The van der Waals surface area contributed by atoms with Gasteiger partial charge in [0.05, 0.1) is 0 Å². The maximum absolute atomic E-state index is 11.7. The number of ketones is 1. The van der Waals surface area contributed by atoms with Crippen molar-refractivity contribution in [2.75, 3.05) is 6.26 Å². The number of carbonyl (C=O) groups is 1. The third-order valence-corrected chi connectivity index (χ3v) is 3.75. The van der Waals surface area contributed by atoms with Crippen molar-refractivity contribution in [3.05, 3.63) is 35.4 Å². The van der Waals surface area contributed by atoms with Gasteiger partial charge in [0, 0.05) is 28.1 Å². The number of carbonyl (C=O) groups excluding carboxylic acids is 1. The fourth-order valence-corrected chi connectivity index (χ4v) is 2.30. The summed E-state index contributed by atoms with van der Waals surface area (Å²) in [6.07, 6.45) is 5.68. The Labute approximate surface area is 106 Å². The first-order valence-electron chi connectivity index (χ1n) is 5.78. The molecule has 3 heteroatoms. The Morgan fingerprint density at radius 3 is 2.71 bits per heavy atom. The van der Waals surface area contributed by atoms with Crippen LogP contribution in [0.1, 0.15) is 24.0 Å². The molecule has 2 N–H and O–H groups in total. The predicted octanol–water partition coefficient (Wildman–Crippen LogP) is 3.00. The first-order valence-corrected chi connectivity index (χ1v) is 7.00. The van der Waals surface area contributed by atoms with E-state index in [1.807, 2.05) is 25.3 Å². The maximum atomic E-state index is 11.7. The monoisotopic (exact) mass is 247 g/mol. The van der Waals surface area contributed by atoms with Crippen LogP contribution in [0.3, 0.4) is 0 Å². The second-order valence-electron chi connectivity index (χ2n) is 4.46. The largest absolute Gasteiger partial charge is 0.398 e. The molecule has 0 saturated heterocycles. The number of thioether (sulfide) groups is 1. The van der Waals surface area contributed by atoms with Crippen molar-refractivity contribution in [3.8, 4) is 0 Å². The molecule has 0 aromatic heterocycles. The number of benzene rings is 1. The molecule has 0 atom stereocenters. The van der Waals surface area contributed by atoms with Crippen molar-refractivity contribution in [2.45, 2.75) is 24.7 Å². The average molecular weight is 247 g/mol. The van der Waals surface area contributed by atoms with E-state index in [9.17, 15) is 4.79 Å². The average Bonchev–Trinajstić information content (AvgIpc) is 3.12. The molecule has 0 bridgehead atoms. The van der Waals surface area contributed by atoms with Crippen LogP contribution in [-0.2, 0) is 4.79 Å². The van der Waals surface area contributed by atoms with Crippen LogP contribution in [0, 0.1) is 12.8 Å². The van der Waals surface area contributed by atoms with Gasteiger partial charge in [-0.25, -0.2) is 0 Å². The minimum Gasteiger partial charge on any atom is -0.398 e. The van der Waals surface area contributed by atoms with Gasteiger partial charge in [-0.2, -0.15) is 0 Å². The zero-order valence-corrected chi connectivity index (χ0v) is 11.0. The second kappa shape index (κ2) is 4.96. The Kier molecular flexibility index (Phi) is 3.57. The summed E-state index contributed by atoms with van der Waals surface area (Å²) < 4.78 is 0. The highest BCUT2D eigenvalue weighted by Gasteiger charge is 2.28. The Hall–Kier alpha value is -1.22. The van der Waals surface area contributed by atoms with Gasteiger partial charge in [-0.3, -0.25) is 4.79 Å². The molecule has 1 fully saturated rings. The Balaban J connectivity index is 2.23. The summed E-state index contributed by atoms with van der Waals surface area (Å²) >= 11 is 1.70. The van der Waals surface area contributed by atoms with Crippen LogP contribution >= 0.6 is 11.8 Å². The van der Waals surface area contributed by atoms with E-state index in [4.69, 9.17) is 5.73 Å². The summed E-state index contributed by atoms with van der Waals surface area (Å²) in [4.78, 5) is 12.9. The highest BCUT2D eigenvalue weighted by molar-refractivity contribution is 7.98. The van der Waals surface area contributed by atoms with Crippen molar-refractivity contribution in [2.24, 2.45) is 11.7 Å². The molecule has 0 aliphatic heterocycles. The Bertz CT molecular complexity index is 475. The molecule has 90 valence electrons. The number of allylic oxidation sites excluding steroid dienone is 1. The second-order valence-corrected chi connectivity index (χ2v) is 5.34. The van der Waals surface area contributed by atoms with Gasteiger partial charge >= 0.3 is 0 Å². The van der Waals surface area contributed by atoms with Gasteiger partial charge in [-0.1, -0.05) is 6.07 Å². The minimum absolute atomic E-state index is 0.177. The number of hydrogen-bond acceptors (Lipinski definition) is 3. The van der Waals surface area contributed by atoms with E-state index >= 15 is 0 Å². The molecule has 2 nitrogen and oxygen atoms in total. The summed E-state index contributed by atoms with van der Waals surface area (Å²) in [7, 11) is 0. The molecule has 1 aliphatic carbocycles. The van der Waals surface area contributed by atoms with E-state index in [0.29, 0.717) is 5.70 Å². The third kappa shape index (κ3) is 2.91. The van der Waals surface area contributed by atoms with Crippen LogP contribution in [0.15, 0.2) is 29.2 Å². The topological polar surface area (TPSA) is 43.1 Å². The molecule has 1 aliphatic rings. The summed E-state index contributed by atoms with van der Waals surface area (Å²) in [6, 6.07) is 6.13. The number of rotatable bonds is 4. The van der Waals surface area contributed by atoms with Crippen LogP contribution in [0.2, 0.25) is 0 Å². The van der Waals surface area contributed by atoms with Crippen molar-refractivity contribution in [1.29, 1.82) is 0 Å². The lowest BCUT2D eigenvalue weighted by Gasteiger charge is -2.07. The summed E-state index contributed by atoms with van der Waals surface area (Å²) in [5.74, 6) is 0.412. The van der Waals surface area contributed by atoms with Crippen LogP contribution < -0.4 is 5.73 Å². The van der Waals surface area contributed by atoms with Crippen molar-refractivity contribution in [1.82, 2.24) is 0 Å². The van der Waals surface area contributed by atoms with Gasteiger partial charge in [0.1, 0.15) is 0 Å². The van der Waals surface area contributed by atoms with E-state index < -0.39 is 0 Å².